The maximum Gasteiger partial charge on any atom is 0.160 e. The van der Waals surface area contributed by atoms with Gasteiger partial charge in [0.1, 0.15) is 0 Å². The summed E-state index contributed by atoms with van der Waals surface area (Å²) in [5.74, 6) is 0.734. The van der Waals surface area contributed by atoms with Crippen molar-refractivity contribution in [3.8, 4) is 56.3 Å². The fourth-order valence-electron chi connectivity index (χ4n) is 8.88. The van der Waals surface area contributed by atoms with Gasteiger partial charge in [-0.2, -0.15) is 0 Å². The van der Waals surface area contributed by atoms with Crippen LogP contribution in [0.4, 0.5) is 0 Å². The van der Waals surface area contributed by atoms with Gasteiger partial charge >= 0.3 is 0 Å². The molecule has 54 heavy (non-hydrogen) atoms. The molecule has 1 aliphatic carbocycles. The van der Waals surface area contributed by atoms with E-state index >= 15 is 0 Å². The van der Waals surface area contributed by atoms with Gasteiger partial charge in [-0.3, -0.25) is 0 Å². The van der Waals surface area contributed by atoms with Gasteiger partial charge < -0.3 is 9.13 Å². The standard InChI is InChI=1S/C50H30N4/c1-2-13-34(14-3-1)53-45-23-9-7-18-38(45)42-29-31(25-27-46(42)53)32-24-26-39-37-17-6-8-22-44(37)54(47(39)30-32)35-15-10-12-33(28-35)50-51-43-21-11-20-40-36-16-4-5-19-41(36)49(52-50)48(40)43/h1-30H. The van der Waals surface area contributed by atoms with E-state index in [1.54, 1.807) is 0 Å². The summed E-state index contributed by atoms with van der Waals surface area (Å²) in [6.45, 7) is 0. The molecule has 0 saturated carbocycles. The Bertz CT molecular complexity index is 3330. The Morgan fingerprint density at radius 2 is 0.944 bits per heavy atom. The SMILES string of the molecule is c1ccc(-n2c3ccccc3c3cc(-c4ccc5c6ccccc6n(-c6cccc(-c7nc8c9c(cccc9n7)-c7ccccc7-8)c6)c5c4)ccc32)cc1. The normalized spacial score (nSPS) is 12.1. The lowest BCUT2D eigenvalue weighted by Crippen LogP contribution is -1.97. The van der Waals surface area contributed by atoms with Gasteiger partial charge in [0.25, 0.3) is 0 Å². The van der Waals surface area contributed by atoms with Gasteiger partial charge in [-0.05, 0) is 82.9 Å². The zero-order chi connectivity index (χ0) is 35.3. The molecule has 0 spiro atoms. The molecular weight excluding hydrogens is 657 g/mol. The van der Waals surface area contributed by atoms with Crippen LogP contribution >= 0.6 is 0 Å². The Hall–Kier alpha value is -7.30. The van der Waals surface area contributed by atoms with E-state index < -0.39 is 0 Å². The van der Waals surface area contributed by atoms with Gasteiger partial charge in [0, 0.05) is 49.4 Å². The lowest BCUT2D eigenvalue weighted by molar-refractivity contribution is 1.17. The summed E-state index contributed by atoms with van der Waals surface area (Å²) >= 11 is 0. The highest BCUT2D eigenvalue weighted by molar-refractivity contribution is 6.14. The lowest BCUT2D eigenvalue weighted by atomic mass is 10.0. The smallest absolute Gasteiger partial charge is 0.160 e. The van der Waals surface area contributed by atoms with Gasteiger partial charge in [-0.1, -0.05) is 121 Å². The minimum Gasteiger partial charge on any atom is -0.309 e. The minimum absolute atomic E-state index is 0.734. The van der Waals surface area contributed by atoms with Crippen molar-refractivity contribution in [2.45, 2.75) is 0 Å². The van der Waals surface area contributed by atoms with E-state index in [0.717, 1.165) is 44.9 Å². The highest BCUT2D eigenvalue weighted by Crippen LogP contribution is 2.46. The molecular formula is C50H30N4. The van der Waals surface area contributed by atoms with Gasteiger partial charge in [0.2, 0.25) is 0 Å². The number of para-hydroxylation sites is 3. The molecule has 250 valence electrons. The van der Waals surface area contributed by atoms with E-state index in [-0.39, 0.29) is 0 Å². The van der Waals surface area contributed by atoms with E-state index in [1.807, 2.05) is 0 Å². The van der Waals surface area contributed by atoms with Crippen LogP contribution in [-0.4, -0.2) is 19.1 Å². The van der Waals surface area contributed by atoms with Crippen molar-refractivity contribution in [1.82, 2.24) is 19.1 Å². The van der Waals surface area contributed by atoms with E-state index in [1.165, 1.54) is 65.9 Å². The lowest BCUT2D eigenvalue weighted by Gasteiger charge is -2.12. The summed E-state index contributed by atoms with van der Waals surface area (Å²) in [6, 6.07) is 65.5. The molecule has 11 aromatic rings. The molecule has 0 fully saturated rings. The molecule has 12 rings (SSSR count). The third-order valence-electron chi connectivity index (χ3n) is 11.3. The van der Waals surface area contributed by atoms with Crippen molar-refractivity contribution < 1.29 is 0 Å². The van der Waals surface area contributed by atoms with Crippen LogP contribution < -0.4 is 0 Å². The number of hydrogen-bond acceptors (Lipinski definition) is 2. The van der Waals surface area contributed by atoms with E-state index in [0.29, 0.717) is 0 Å². The first-order valence-corrected chi connectivity index (χ1v) is 18.4. The van der Waals surface area contributed by atoms with Gasteiger partial charge in [-0.25, -0.2) is 9.97 Å². The molecule has 0 aliphatic heterocycles. The Morgan fingerprint density at radius 1 is 0.333 bits per heavy atom. The van der Waals surface area contributed by atoms with Crippen molar-refractivity contribution in [3.05, 3.63) is 182 Å². The quantitative estimate of drug-likeness (QED) is 0.185. The van der Waals surface area contributed by atoms with Crippen LogP contribution in [0, 0.1) is 0 Å². The number of nitrogens with zero attached hydrogens (tertiary/aromatic N) is 4. The van der Waals surface area contributed by atoms with Gasteiger partial charge in [-0.15, -0.1) is 0 Å². The molecule has 1 aliphatic rings. The third kappa shape index (κ3) is 4.13. The molecule has 0 amide bonds. The largest absolute Gasteiger partial charge is 0.309 e. The molecule has 0 unspecified atom stereocenters. The maximum absolute atomic E-state index is 5.23. The van der Waals surface area contributed by atoms with Crippen molar-refractivity contribution >= 4 is 54.5 Å². The molecule has 0 saturated heterocycles. The molecule has 0 bridgehead atoms. The van der Waals surface area contributed by atoms with Crippen LogP contribution in [0.1, 0.15) is 0 Å². The fraction of sp³-hybridized carbons (Fsp3) is 0. The highest BCUT2D eigenvalue weighted by Gasteiger charge is 2.24. The molecule has 4 heteroatoms. The third-order valence-corrected chi connectivity index (χ3v) is 11.3. The molecule has 0 N–H and O–H groups in total. The van der Waals surface area contributed by atoms with E-state index in [4.69, 9.17) is 9.97 Å². The number of hydrogen-bond donors (Lipinski definition) is 0. The summed E-state index contributed by atoms with van der Waals surface area (Å²) in [4.78, 5) is 10.4. The van der Waals surface area contributed by atoms with Gasteiger partial charge in [0.05, 0.1) is 33.3 Å². The van der Waals surface area contributed by atoms with Crippen molar-refractivity contribution in [1.29, 1.82) is 0 Å². The number of rotatable bonds is 4. The average Bonchev–Trinajstić information content (AvgIpc) is 3.87. The summed E-state index contributed by atoms with van der Waals surface area (Å²) in [5, 5.41) is 6.08. The van der Waals surface area contributed by atoms with Crippen LogP contribution in [-0.2, 0) is 0 Å². The van der Waals surface area contributed by atoms with Crippen molar-refractivity contribution in [2.75, 3.05) is 0 Å². The number of benzene rings is 8. The van der Waals surface area contributed by atoms with E-state index in [2.05, 4.69) is 191 Å². The van der Waals surface area contributed by atoms with E-state index in [9.17, 15) is 0 Å². The molecule has 0 atom stereocenters. The molecule has 3 aromatic heterocycles. The summed E-state index contributed by atoms with van der Waals surface area (Å²) in [5.41, 5.74) is 15.9. The topological polar surface area (TPSA) is 35.6 Å². The van der Waals surface area contributed by atoms with Crippen LogP contribution in [0.25, 0.3) is 111 Å². The van der Waals surface area contributed by atoms with Crippen LogP contribution in [0.5, 0.6) is 0 Å². The summed E-state index contributed by atoms with van der Waals surface area (Å²) < 4.78 is 4.76. The molecule has 8 aromatic carbocycles. The first-order valence-electron chi connectivity index (χ1n) is 18.4. The Kier molecular flexibility index (Phi) is 6.02. The average molecular weight is 687 g/mol. The zero-order valence-electron chi connectivity index (χ0n) is 29.1. The van der Waals surface area contributed by atoms with Crippen LogP contribution in [0.2, 0.25) is 0 Å². The number of aromatic nitrogens is 4. The first-order chi connectivity index (χ1) is 26.8. The predicted molar refractivity (Wildman–Crippen MR) is 224 cm³/mol. The second-order valence-corrected chi connectivity index (χ2v) is 14.2. The summed E-state index contributed by atoms with van der Waals surface area (Å²) in [6.07, 6.45) is 0. The Balaban J connectivity index is 1.03. The second-order valence-electron chi connectivity index (χ2n) is 14.2. The van der Waals surface area contributed by atoms with Gasteiger partial charge in [0.15, 0.2) is 5.82 Å². The molecule has 0 radical (unpaired) electrons. The zero-order valence-corrected chi connectivity index (χ0v) is 29.1. The molecule has 4 nitrogen and oxygen atoms in total. The fourth-order valence-corrected chi connectivity index (χ4v) is 8.88. The Labute approximate surface area is 310 Å². The monoisotopic (exact) mass is 686 g/mol. The summed E-state index contributed by atoms with van der Waals surface area (Å²) in [7, 11) is 0. The molecule has 3 heterocycles. The maximum atomic E-state index is 5.23. The van der Waals surface area contributed by atoms with Crippen LogP contribution in [0.3, 0.4) is 0 Å². The predicted octanol–water partition coefficient (Wildman–Crippen LogP) is 12.8. The Morgan fingerprint density at radius 3 is 1.80 bits per heavy atom. The van der Waals surface area contributed by atoms with Crippen molar-refractivity contribution in [3.63, 3.8) is 0 Å². The number of fused-ring (bicyclic) bond motifs is 9. The highest BCUT2D eigenvalue weighted by atomic mass is 15.0. The van der Waals surface area contributed by atoms with Crippen LogP contribution in [0.15, 0.2) is 182 Å². The minimum atomic E-state index is 0.734. The first kappa shape index (κ1) is 29.3. The second kappa shape index (κ2) is 11.1. The van der Waals surface area contributed by atoms with Crippen molar-refractivity contribution in [2.24, 2.45) is 0 Å².